The van der Waals surface area contributed by atoms with E-state index in [4.69, 9.17) is 13.9 Å². The van der Waals surface area contributed by atoms with Gasteiger partial charge in [0.1, 0.15) is 6.79 Å². The van der Waals surface area contributed by atoms with E-state index in [1.54, 1.807) is 7.11 Å². The Balaban J connectivity index is 2.42. The topological polar surface area (TPSA) is 70.8 Å². The van der Waals surface area contributed by atoms with Gasteiger partial charge in [0.25, 0.3) is 0 Å². The van der Waals surface area contributed by atoms with Crippen LogP contribution in [0.1, 0.15) is 59.8 Å². The van der Waals surface area contributed by atoms with Crippen LogP contribution in [0, 0.1) is 22.0 Å². The molecule has 4 atom stereocenters. The van der Waals surface area contributed by atoms with Crippen molar-refractivity contribution in [3.63, 3.8) is 0 Å². The van der Waals surface area contributed by atoms with Gasteiger partial charge in [-0.2, -0.15) is 0 Å². The zero-order valence-corrected chi connectivity index (χ0v) is 19.9. The molecule has 0 aromatic carbocycles. The van der Waals surface area contributed by atoms with Crippen LogP contribution >= 0.6 is 0 Å². The van der Waals surface area contributed by atoms with Crippen molar-refractivity contribution in [3.8, 4) is 0 Å². The fourth-order valence-corrected chi connectivity index (χ4v) is 5.05. The smallest absolute Gasteiger partial charge is 0.207 e. The summed E-state index contributed by atoms with van der Waals surface area (Å²) >= 11 is 0. The molecule has 1 rings (SSSR count). The van der Waals surface area contributed by atoms with Crippen molar-refractivity contribution in [2.45, 2.75) is 90.1 Å². The van der Waals surface area contributed by atoms with Gasteiger partial charge in [-0.15, -0.1) is 0 Å². The molecule has 7 heteroatoms. The van der Waals surface area contributed by atoms with Gasteiger partial charge in [0.05, 0.1) is 6.10 Å². The minimum atomic E-state index is -1.71. The molecule has 164 valence electrons. The Hall–Kier alpha value is -0.763. The van der Waals surface area contributed by atoms with Crippen molar-refractivity contribution in [2.75, 3.05) is 20.4 Å². The summed E-state index contributed by atoms with van der Waals surface area (Å²) in [5.74, 6) is 0.266. The van der Waals surface area contributed by atoms with Crippen molar-refractivity contribution >= 4 is 8.32 Å². The van der Waals surface area contributed by atoms with Crippen LogP contribution in [0.25, 0.3) is 0 Å². The summed E-state index contributed by atoms with van der Waals surface area (Å²) in [6.45, 7) is 13.8. The average molecular weight is 416 g/mol. The highest BCUT2D eigenvalue weighted by molar-refractivity contribution is 6.74. The monoisotopic (exact) mass is 415 g/mol. The van der Waals surface area contributed by atoms with Gasteiger partial charge in [0.2, 0.25) is 6.54 Å². The fourth-order valence-electron chi connectivity index (χ4n) is 3.57. The van der Waals surface area contributed by atoms with Crippen LogP contribution in [-0.2, 0) is 13.9 Å². The molecule has 0 heterocycles. The van der Waals surface area contributed by atoms with Gasteiger partial charge in [0, 0.05) is 24.1 Å². The molecule has 1 aliphatic rings. The van der Waals surface area contributed by atoms with E-state index >= 15 is 0 Å². The molecular formula is C21H41NO5Si. The van der Waals surface area contributed by atoms with Gasteiger partial charge in [-0.05, 0) is 63.1 Å². The molecule has 0 amide bonds. The van der Waals surface area contributed by atoms with Gasteiger partial charge in [0.15, 0.2) is 8.32 Å². The molecule has 1 fully saturated rings. The number of allylic oxidation sites excluding steroid dienone is 2. The van der Waals surface area contributed by atoms with E-state index in [1.807, 2.05) is 0 Å². The largest absolute Gasteiger partial charge is 0.414 e. The highest BCUT2D eigenvalue weighted by Gasteiger charge is 2.38. The second-order valence-electron chi connectivity index (χ2n) is 9.65. The lowest BCUT2D eigenvalue weighted by Crippen LogP contribution is -2.43. The number of hydrogen-bond donors (Lipinski definition) is 0. The minimum absolute atomic E-state index is 0.0131. The van der Waals surface area contributed by atoms with E-state index in [2.05, 4.69) is 52.9 Å². The normalized spacial score (nSPS) is 24.8. The molecule has 0 aromatic rings. The highest BCUT2D eigenvalue weighted by Crippen LogP contribution is 2.38. The zero-order valence-electron chi connectivity index (χ0n) is 18.9. The summed E-state index contributed by atoms with van der Waals surface area (Å²) in [4.78, 5) is 10.8. The van der Waals surface area contributed by atoms with Gasteiger partial charge >= 0.3 is 0 Å². The first-order chi connectivity index (χ1) is 13.0. The molecule has 0 saturated heterocycles. The molecule has 0 N–H and O–H groups in total. The molecule has 0 bridgehead atoms. The quantitative estimate of drug-likeness (QED) is 0.106. The molecule has 0 radical (unpaired) electrons. The summed E-state index contributed by atoms with van der Waals surface area (Å²) in [6.07, 6.45) is 9.35. The first-order valence-electron chi connectivity index (χ1n) is 10.5. The number of unbranched alkanes of at least 4 members (excludes halogenated alkanes) is 1. The number of methoxy groups -OCH3 is 1. The molecule has 1 aliphatic carbocycles. The number of nitrogens with zero attached hydrogens (tertiary/aromatic N) is 1. The van der Waals surface area contributed by atoms with Crippen LogP contribution in [0.3, 0.4) is 0 Å². The van der Waals surface area contributed by atoms with Gasteiger partial charge < -0.3 is 13.9 Å². The van der Waals surface area contributed by atoms with Crippen molar-refractivity contribution in [1.29, 1.82) is 0 Å². The Labute approximate surface area is 172 Å². The van der Waals surface area contributed by atoms with Crippen LogP contribution < -0.4 is 0 Å². The highest BCUT2D eigenvalue weighted by atomic mass is 28.4. The van der Waals surface area contributed by atoms with E-state index in [-0.39, 0.29) is 47.3 Å². The van der Waals surface area contributed by atoms with E-state index < -0.39 is 8.32 Å². The molecular weight excluding hydrogens is 374 g/mol. The molecule has 0 aromatic heterocycles. The lowest BCUT2D eigenvalue weighted by atomic mass is 9.95. The second kappa shape index (κ2) is 11.4. The van der Waals surface area contributed by atoms with E-state index in [9.17, 15) is 10.1 Å². The Morgan fingerprint density at radius 3 is 2.54 bits per heavy atom. The Morgan fingerprint density at radius 2 is 1.96 bits per heavy atom. The van der Waals surface area contributed by atoms with Crippen molar-refractivity contribution in [1.82, 2.24) is 0 Å². The maximum atomic E-state index is 11.0. The van der Waals surface area contributed by atoms with E-state index in [0.717, 1.165) is 32.1 Å². The molecule has 28 heavy (non-hydrogen) atoms. The van der Waals surface area contributed by atoms with Crippen LogP contribution in [0.2, 0.25) is 18.1 Å². The molecule has 0 spiro atoms. The maximum Gasteiger partial charge on any atom is 0.207 e. The summed E-state index contributed by atoms with van der Waals surface area (Å²) in [5, 5.41) is 11.2. The average Bonchev–Trinajstić information content (AvgIpc) is 2.92. The predicted molar refractivity (Wildman–Crippen MR) is 116 cm³/mol. The SMILES string of the molecule is COCO[C@@H]1C[C@@H](C[N+](=O)[O-])[C@H](/C=C/CCC[C@@H](C)O[Si](C)(C)C(C)(C)C)C1. The number of rotatable bonds is 12. The van der Waals surface area contributed by atoms with Crippen molar-refractivity contribution < 1.29 is 18.8 Å². The lowest BCUT2D eigenvalue weighted by molar-refractivity contribution is -0.489. The number of nitro groups is 1. The zero-order chi connectivity index (χ0) is 21.4. The fraction of sp³-hybridized carbons (Fsp3) is 0.905. The van der Waals surface area contributed by atoms with Crippen LogP contribution in [0.15, 0.2) is 12.2 Å². The third kappa shape index (κ3) is 8.72. The Morgan fingerprint density at radius 1 is 1.29 bits per heavy atom. The Kier molecular flexibility index (Phi) is 10.3. The van der Waals surface area contributed by atoms with E-state index in [1.165, 1.54) is 0 Å². The maximum absolute atomic E-state index is 11.0. The summed E-state index contributed by atoms with van der Waals surface area (Å²) < 4.78 is 17.0. The second-order valence-corrected chi connectivity index (χ2v) is 14.4. The van der Waals surface area contributed by atoms with Gasteiger partial charge in [-0.1, -0.05) is 32.9 Å². The summed E-state index contributed by atoms with van der Waals surface area (Å²) in [5.41, 5.74) is 0. The molecule has 1 saturated carbocycles. The first-order valence-corrected chi connectivity index (χ1v) is 13.4. The van der Waals surface area contributed by atoms with Gasteiger partial charge in [-0.3, -0.25) is 10.1 Å². The standard InChI is InChI=1S/C21H41NO5Si/c1-17(27-28(6,7)21(2,3)4)11-9-8-10-12-18-13-20(26-16-25-5)14-19(18)15-22(23)24/h10,12,17-20H,8-9,11,13-16H2,1-7H3/b12-10+/t17-,18-,19+,20+/m1/s1. The molecule has 0 aliphatic heterocycles. The lowest BCUT2D eigenvalue weighted by Gasteiger charge is -2.38. The van der Waals surface area contributed by atoms with Gasteiger partial charge in [-0.25, -0.2) is 0 Å². The number of hydrogen-bond acceptors (Lipinski definition) is 5. The third-order valence-electron chi connectivity index (χ3n) is 6.18. The van der Waals surface area contributed by atoms with E-state index in [0.29, 0.717) is 0 Å². The van der Waals surface area contributed by atoms with Crippen molar-refractivity contribution in [2.24, 2.45) is 11.8 Å². The predicted octanol–water partition coefficient (Wildman–Crippen LogP) is 5.42. The molecule has 6 nitrogen and oxygen atoms in total. The van der Waals surface area contributed by atoms with Crippen molar-refractivity contribution in [3.05, 3.63) is 22.3 Å². The van der Waals surface area contributed by atoms with Crippen LogP contribution in [0.5, 0.6) is 0 Å². The Bertz CT molecular complexity index is 504. The summed E-state index contributed by atoms with van der Waals surface area (Å²) in [6, 6.07) is 0. The van der Waals surface area contributed by atoms with Crippen LogP contribution in [0.4, 0.5) is 0 Å². The first kappa shape index (κ1) is 25.3. The number of ether oxygens (including phenoxy) is 2. The third-order valence-corrected chi connectivity index (χ3v) is 10.8. The minimum Gasteiger partial charge on any atom is -0.414 e. The molecule has 0 unspecified atom stereocenters. The van der Waals surface area contributed by atoms with Crippen LogP contribution in [-0.4, -0.2) is 45.9 Å². The summed E-state index contributed by atoms with van der Waals surface area (Å²) in [7, 11) is -0.113.